The van der Waals surface area contributed by atoms with Crippen molar-refractivity contribution in [1.29, 1.82) is 0 Å². The van der Waals surface area contributed by atoms with Gasteiger partial charge in [0.25, 0.3) is 0 Å². The van der Waals surface area contributed by atoms with Gasteiger partial charge in [-0.2, -0.15) is 0 Å². The minimum Gasteiger partial charge on any atom is -0.435 e. The van der Waals surface area contributed by atoms with Gasteiger partial charge >= 0.3 is 11.9 Å². The molecule has 1 atom stereocenters. The van der Waals surface area contributed by atoms with Crippen molar-refractivity contribution in [3.05, 3.63) is 120 Å². The molecule has 4 aromatic rings. The summed E-state index contributed by atoms with van der Waals surface area (Å²) >= 11 is 3.70. The lowest BCUT2D eigenvalue weighted by Crippen LogP contribution is -2.41. The molecule has 1 N–H and O–H groups in total. The van der Waals surface area contributed by atoms with Crippen LogP contribution in [0.15, 0.2) is 119 Å². The van der Waals surface area contributed by atoms with Gasteiger partial charge in [0, 0.05) is 47.2 Å². The Morgan fingerprint density at radius 3 is 1.57 bits per heavy atom. The summed E-state index contributed by atoms with van der Waals surface area (Å²) in [5.74, 6) is 0.653. The smallest absolute Gasteiger partial charge is 0.399 e. The maximum atomic E-state index is 14.0. The number of hydrogen-bond donors (Lipinski definition) is 1. The second-order valence-electron chi connectivity index (χ2n) is 16.3. The minimum absolute atomic E-state index is 0.483. The monoisotopic (exact) mass is 867 g/mol. The zero-order valence-electron chi connectivity index (χ0n) is 37.7. The average molecular weight is 867 g/mol. The summed E-state index contributed by atoms with van der Waals surface area (Å²) in [4.78, 5) is 36.5. The molecule has 1 amide bonds. The number of nitrogens with one attached hydrogen (secondary N) is 1. The van der Waals surface area contributed by atoms with Crippen LogP contribution in [0.5, 0.6) is 0 Å². The van der Waals surface area contributed by atoms with E-state index < -0.39 is 18.1 Å². The molecule has 0 aliphatic carbocycles. The molecule has 0 radical (unpaired) electrons. The van der Waals surface area contributed by atoms with E-state index in [9.17, 15) is 9.59 Å². The van der Waals surface area contributed by atoms with E-state index in [0.29, 0.717) is 13.0 Å². The van der Waals surface area contributed by atoms with Crippen molar-refractivity contribution in [3.63, 3.8) is 0 Å². The van der Waals surface area contributed by atoms with Crippen LogP contribution in [0.2, 0.25) is 0 Å². The molecule has 7 nitrogen and oxygen atoms in total. The Bertz CT molecular complexity index is 1740. The van der Waals surface area contributed by atoms with Crippen molar-refractivity contribution in [2.75, 3.05) is 68.5 Å². The first kappa shape index (κ1) is 49.9. The Balaban J connectivity index is 1.28. The standard InChI is InChI=1S/C52H74N4O3S2/c1-5-7-9-11-19-39-56(47-29-33-49(34-30-47)61-43-21-38-55(4)41-36-45-24-16-13-17-25-45)51(57)52(58)59-50(26-18-10-8-6-2)53-46-27-31-48(32-28-46)60-42-20-37-54(3)40-35-44-22-14-12-15-23-44/h12-17,22-25,27-34,50,53H,5-11,18-21,26,35-43H2,1-4H3. The third-order valence-corrected chi connectivity index (χ3v) is 13.2. The van der Waals surface area contributed by atoms with Gasteiger partial charge in [-0.05, 0) is 137 Å². The molecule has 0 fully saturated rings. The van der Waals surface area contributed by atoms with Gasteiger partial charge in [0.1, 0.15) is 0 Å². The van der Waals surface area contributed by atoms with Crippen LogP contribution in [0.4, 0.5) is 11.4 Å². The first-order valence-electron chi connectivity index (χ1n) is 23.0. The van der Waals surface area contributed by atoms with Crippen molar-refractivity contribution in [3.8, 4) is 0 Å². The molecule has 0 spiro atoms. The second kappa shape index (κ2) is 30.3. The highest BCUT2D eigenvalue weighted by atomic mass is 32.2. The lowest BCUT2D eigenvalue weighted by molar-refractivity contribution is -0.157. The van der Waals surface area contributed by atoms with Gasteiger partial charge in [0.15, 0.2) is 6.23 Å². The quantitative estimate of drug-likeness (QED) is 0.0176. The molecule has 0 aliphatic heterocycles. The van der Waals surface area contributed by atoms with E-state index in [1.54, 1.807) is 4.90 Å². The van der Waals surface area contributed by atoms with E-state index >= 15 is 0 Å². The maximum Gasteiger partial charge on any atom is 0.399 e. The van der Waals surface area contributed by atoms with Gasteiger partial charge in [-0.1, -0.05) is 119 Å². The Labute approximate surface area is 377 Å². The molecule has 0 saturated carbocycles. The molecule has 0 bridgehead atoms. The zero-order chi connectivity index (χ0) is 43.3. The molecule has 332 valence electrons. The van der Waals surface area contributed by atoms with Crippen molar-refractivity contribution < 1.29 is 14.3 Å². The van der Waals surface area contributed by atoms with Gasteiger partial charge in [-0.3, -0.25) is 4.79 Å². The van der Waals surface area contributed by atoms with Crippen LogP contribution in [0, 0.1) is 0 Å². The van der Waals surface area contributed by atoms with Crippen molar-refractivity contribution >= 4 is 46.8 Å². The summed E-state index contributed by atoms with van der Waals surface area (Å²) in [5.41, 5.74) is 4.38. The third-order valence-electron chi connectivity index (χ3n) is 11.0. The molecule has 0 aliphatic rings. The van der Waals surface area contributed by atoms with Crippen LogP contribution in [-0.2, 0) is 27.2 Å². The molecule has 1 unspecified atom stereocenters. The van der Waals surface area contributed by atoms with Crippen LogP contribution in [0.25, 0.3) is 0 Å². The summed E-state index contributed by atoms with van der Waals surface area (Å²) in [7, 11) is 4.40. The largest absolute Gasteiger partial charge is 0.435 e. The van der Waals surface area contributed by atoms with Gasteiger partial charge in [0.05, 0.1) is 0 Å². The predicted octanol–water partition coefficient (Wildman–Crippen LogP) is 12.3. The van der Waals surface area contributed by atoms with E-state index in [1.807, 2.05) is 35.7 Å². The first-order valence-corrected chi connectivity index (χ1v) is 25.0. The van der Waals surface area contributed by atoms with Gasteiger partial charge in [-0.25, -0.2) is 4.79 Å². The number of carbonyl (C=O) groups is 2. The summed E-state index contributed by atoms with van der Waals surface area (Å²) < 4.78 is 6.02. The number of thioether (sulfide) groups is 2. The number of benzene rings is 4. The van der Waals surface area contributed by atoms with E-state index in [4.69, 9.17) is 4.74 Å². The molecule has 4 aromatic carbocycles. The number of hydrogen-bond acceptors (Lipinski definition) is 8. The van der Waals surface area contributed by atoms with Crippen LogP contribution in [-0.4, -0.2) is 86.2 Å². The summed E-state index contributed by atoms with van der Waals surface area (Å²) in [6.45, 7) is 9.10. The molecule has 0 heterocycles. The highest BCUT2D eigenvalue weighted by Gasteiger charge is 2.27. The number of nitrogens with zero attached hydrogens (tertiary/aromatic N) is 3. The lowest BCUT2D eigenvalue weighted by atomic mass is 10.1. The fourth-order valence-corrected chi connectivity index (χ4v) is 8.86. The lowest BCUT2D eigenvalue weighted by Gasteiger charge is -2.25. The maximum absolute atomic E-state index is 14.0. The number of esters is 1. The van der Waals surface area contributed by atoms with Crippen LogP contribution >= 0.6 is 23.5 Å². The SMILES string of the molecule is CCCCCCCN(C(=O)C(=O)OC(CCCCCC)Nc1ccc(SCCCN(C)CCc2ccccc2)cc1)c1ccc(SCCCN(C)CCc2ccccc2)cc1. The highest BCUT2D eigenvalue weighted by molar-refractivity contribution is 7.99. The van der Waals surface area contributed by atoms with E-state index in [0.717, 1.165) is 131 Å². The Morgan fingerprint density at radius 2 is 1.05 bits per heavy atom. The number of likely N-dealkylation sites (N-methyl/N-ethyl adjacent to an activating group) is 2. The normalized spacial score (nSPS) is 11.8. The molecular formula is C52H74N4O3S2. The number of ether oxygens (including phenoxy) is 1. The topological polar surface area (TPSA) is 65.1 Å². The van der Waals surface area contributed by atoms with Crippen molar-refractivity contribution in [2.45, 2.75) is 120 Å². The fourth-order valence-electron chi connectivity index (χ4n) is 7.19. The number of unbranched alkanes of at least 4 members (excludes halogenated alkanes) is 7. The number of rotatable bonds is 31. The van der Waals surface area contributed by atoms with Crippen LogP contribution < -0.4 is 10.2 Å². The predicted molar refractivity (Wildman–Crippen MR) is 262 cm³/mol. The molecule has 0 aromatic heterocycles. The third kappa shape index (κ3) is 20.8. The average Bonchev–Trinajstić information content (AvgIpc) is 3.29. The van der Waals surface area contributed by atoms with Crippen LogP contribution in [0.3, 0.4) is 0 Å². The summed E-state index contributed by atoms with van der Waals surface area (Å²) in [5, 5.41) is 3.44. The molecule has 0 saturated heterocycles. The Kier molecular flexibility index (Phi) is 24.8. The second-order valence-corrected chi connectivity index (χ2v) is 18.6. The van der Waals surface area contributed by atoms with E-state index in [1.165, 1.54) is 22.4 Å². The molecule has 61 heavy (non-hydrogen) atoms. The Morgan fingerprint density at radius 1 is 0.557 bits per heavy atom. The highest BCUT2D eigenvalue weighted by Crippen LogP contribution is 2.26. The van der Waals surface area contributed by atoms with E-state index in [2.05, 4.69) is 140 Å². The minimum atomic E-state index is -0.808. The van der Waals surface area contributed by atoms with E-state index in [-0.39, 0.29) is 0 Å². The molecule has 9 heteroatoms. The molecular weight excluding hydrogens is 793 g/mol. The summed E-state index contributed by atoms with van der Waals surface area (Å²) in [6.07, 6.45) is 13.9. The zero-order valence-corrected chi connectivity index (χ0v) is 39.3. The van der Waals surface area contributed by atoms with Crippen molar-refractivity contribution in [2.24, 2.45) is 0 Å². The summed E-state index contributed by atoms with van der Waals surface area (Å²) in [6, 6.07) is 37.8. The number of carbonyl (C=O) groups excluding carboxylic acids is 2. The Hall–Kier alpha value is -3.76. The van der Waals surface area contributed by atoms with Gasteiger partial charge in [-0.15, -0.1) is 23.5 Å². The number of anilines is 2. The first-order chi connectivity index (χ1) is 29.8. The van der Waals surface area contributed by atoms with Crippen LogP contribution in [0.1, 0.15) is 102 Å². The van der Waals surface area contributed by atoms with Gasteiger partial charge < -0.3 is 24.8 Å². The van der Waals surface area contributed by atoms with Crippen molar-refractivity contribution in [1.82, 2.24) is 9.80 Å². The number of amides is 1. The fraction of sp³-hybridized carbons (Fsp3) is 0.500. The van der Waals surface area contributed by atoms with Gasteiger partial charge in [0.2, 0.25) is 0 Å². The molecule has 4 rings (SSSR count).